The van der Waals surface area contributed by atoms with Crippen molar-refractivity contribution in [1.29, 1.82) is 0 Å². The van der Waals surface area contributed by atoms with E-state index in [1.165, 1.54) is 17.6 Å². The standard InChI is InChI=1S/C30H29FN2O4S/c1-5-7-23(18(3)6-2)17-37-29(36)32-26-19(4)33-38-27(26)21-10-8-20(9-11-21)22-12-13-24(25(31)16-22)30(14-15-30)28(34)35/h5-13,16H,1,14-15,17H2,2-4H3,(H,32,36)(H,34,35)/b18-6-,23-7-. The molecular formula is C30H29FN2O4S. The maximum atomic E-state index is 14.8. The number of rotatable bonds is 9. The first kappa shape index (κ1) is 27.0. The number of benzene rings is 2. The number of nitrogens with zero attached hydrogens (tertiary/aromatic N) is 1. The van der Waals surface area contributed by atoms with Gasteiger partial charge in [0.05, 0.1) is 21.7 Å². The van der Waals surface area contributed by atoms with Gasteiger partial charge in [0.1, 0.15) is 12.4 Å². The first-order chi connectivity index (χ1) is 18.2. The van der Waals surface area contributed by atoms with Crippen LogP contribution in [0.5, 0.6) is 0 Å². The van der Waals surface area contributed by atoms with E-state index in [2.05, 4.69) is 16.3 Å². The average molecular weight is 533 g/mol. The number of aromatic nitrogens is 1. The molecular weight excluding hydrogens is 503 g/mol. The number of aliphatic carboxylic acids is 1. The second kappa shape index (κ2) is 11.1. The highest BCUT2D eigenvalue weighted by Crippen LogP contribution is 2.49. The van der Waals surface area contributed by atoms with Crippen LogP contribution in [0.1, 0.15) is 37.9 Å². The fourth-order valence-corrected chi connectivity index (χ4v) is 5.09. The highest BCUT2D eigenvalue weighted by atomic mass is 32.1. The molecule has 0 atom stereocenters. The van der Waals surface area contributed by atoms with E-state index < -0.39 is 23.3 Å². The van der Waals surface area contributed by atoms with E-state index in [9.17, 15) is 19.1 Å². The third kappa shape index (κ3) is 5.45. The van der Waals surface area contributed by atoms with Crippen LogP contribution in [0.4, 0.5) is 14.9 Å². The quantitative estimate of drug-likeness (QED) is 0.276. The Labute approximate surface area is 225 Å². The molecule has 0 unspecified atom stereocenters. The summed E-state index contributed by atoms with van der Waals surface area (Å²) in [5.41, 5.74) is 4.52. The molecule has 0 spiro atoms. The largest absolute Gasteiger partial charge is 0.481 e. The van der Waals surface area contributed by atoms with E-state index in [0.717, 1.165) is 27.2 Å². The predicted molar refractivity (Wildman–Crippen MR) is 149 cm³/mol. The Morgan fingerprint density at radius 2 is 1.84 bits per heavy atom. The van der Waals surface area contributed by atoms with Crippen LogP contribution >= 0.6 is 11.5 Å². The van der Waals surface area contributed by atoms with Gasteiger partial charge < -0.3 is 9.84 Å². The van der Waals surface area contributed by atoms with Crippen LogP contribution in [-0.4, -0.2) is 28.1 Å². The molecule has 1 fully saturated rings. The normalized spacial score (nSPS) is 14.6. The topological polar surface area (TPSA) is 88.5 Å². The van der Waals surface area contributed by atoms with Gasteiger partial charge in [0.25, 0.3) is 0 Å². The zero-order valence-electron chi connectivity index (χ0n) is 21.5. The second-order valence-corrected chi connectivity index (χ2v) is 10.0. The van der Waals surface area contributed by atoms with E-state index in [0.29, 0.717) is 29.8 Å². The zero-order chi connectivity index (χ0) is 27.4. The fraction of sp³-hybridized carbons (Fsp3) is 0.233. The lowest BCUT2D eigenvalue weighted by Crippen LogP contribution is -2.20. The van der Waals surface area contributed by atoms with Gasteiger partial charge in [-0.25, -0.2) is 9.18 Å². The number of hydrogen-bond donors (Lipinski definition) is 2. The predicted octanol–water partition coefficient (Wildman–Crippen LogP) is 7.67. The molecule has 1 saturated carbocycles. The molecule has 0 bridgehead atoms. The van der Waals surface area contributed by atoms with Gasteiger partial charge >= 0.3 is 12.1 Å². The number of anilines is 1. The fourth-order valence-electron chi connectivity index (χ4n) is 4.24. The van der Waals surface area contributed by atoms with Gasteiger partial charge in [0.2, 0.25) is 0 Å². The summed E-state index contributed by atoms with van der Waals surface area (Å²) in [7, 11) is 0. The number of carboxylic acids is 1. The van der Waals surface area contributed by atoms with Gasteiger partial charge in [-0.3, -0.25) is 10.1 Å². The third-order valence-corrected chi connectivity index (χ3v) is 7.82. The van der Waals surface area contributed by atoms with Gasteiger partial charge in [-0.1, -0.05) is 61.2 Å². The summed E-state index contributed by atoms with van der Waals surface area (Å²) in [4.78, 5) is 24.9. The summed E-state index contributed by atoms with van der Waals surface area (Å²) in [6.45, 7) is 9.48. The Morgan fingerprint density at radius 3 is 2.42 bits per heavy atom. The Morgan fingerprint density at radius 1 is 1.18 bits per heavy atom. The molecule has 6 nitrogen and oxygen atoms in total. The molecule has 0 radical (unpaired) electrons. The van der Waals surface area contributed by atoms with Crippen LogP contribution in [0.3, 0.4) is 0 Å². The summed E-state index contributed by atoms with van der Waals surface area (Å²) >= 11 is 1.26. The van der Waals surface area contributed by atoms with E-state index in [1.807, 2.05) is 57.2 Å². The molecule has 4 rings (SSSR count). The van der Waals surface area contributed by atoms with Crippen molar-refractivity contribution >= 4 is 29.3 Å². The lowest BCUT2D eigenvalue weighted by atomic mass is 9.93. The van der Waals surface area contributed by atoms with Crippen LogP contribution in [0.2, 0.25) is 0 Å². The first-order valence-corrected chi connectivity index (χ1v) is 13.0. The Hall–Kier alpha value is -4.04. The second-order valence-electron chi connectivity index (χ2n) is 9.23. The summed E-state index contributed by atoms with van der Waals surface area (Å²) in [6.07, 6.45) is 5.72. The number of carboxylic acid groups (broad SMARTS) is 1. The number of carbonyl (C=O) groups is 2. The van der Waals surface area contributed by atoms with Gasteiger partial charge in [-0.05, 0) is 79.0 Å². The number of aryl methyl sites for hydroxylation is 1. The first-order valence-electron chi connectivity index (χ1n) is 12.2. The van der Waals surface area contributed by atoms with Crippen molar-refractivity contribution in [3.8, 4) is 21.6 Å². The number of halogens is 1. The number of amides is 1. The smallest absolute Gasteiger partial charge is 0.412 e. The minimum absolute atomic E-state index is 0.109. The minimum atomic E-state index is -1.09. The van der Waals surface area contributed by atoms with Crippen LogP contribution in [0.15, 0.2) is 78.4 Å². The Bertz CT molecular complexity index is 1450. The molecule has 1 aliphatic rings. The maximum absolute atomic E-state index is 14.8. The van der Waals surface area contributed by atoms with Crippen LogP contribution < -0.4 is 5.32 Å². The van der Waals surface area contributed by atoms with Crippen LogP contribution in [-0.2, 0) is 14.9 Å². The highest BCUT2D eigenvalue weighted by molar-refractivity contribution is 7.10. The van der Waals surface area contributed by atoms with Gasteiger partial charge in [0, 0.05) is 5.56 Å². The maximum Gasteiger partial charge on any atom is 0.412 e. The summed E-state index contributed by atoms with van der Waals surface area (Å²) in [5, 5.41) is 12.3. The molecule has 1 amide bonds. The lowest BCUT2D eigenvalue weighted by molar-refractivity contribution is -0.140. The summed E-state index contributed by atoms with van der Waals surface area (Å²) in [6, 6.07) is 12.2. The van der Waals surface area contributed by atoms with E-state index in [4.69, 9.17) is 4.74 Å². The molecule has 0 aliphatic heterocycles. The molecule has 3 aromatic rings. The van der Waals surface area contributed by atoms with E-state index in [1.54, 1.807) is 18.2 Å². The van der Waals surface area contributed by atoms with Crippen molar-refractivity contribution in [3.05, 3.63) is 95.5 Å². The van der Waals surface area contributed by atoms with Crippen molar-refractivity contribution in [2.75, 3.05) is 11.9 Å². The van der Waals surface area contributed by atoms with Crippen molar-refractivity contribution in [3.63, 3.8) is 0 Å². The molecule has 8 heteroatoms. The lowest BCUT2D eigenvalue weighted by Gasteiger charge is -2.13. The number of allylic oxidation sites excluding steroid dienone is 3. The van der Waals surface area contributed by atoms with Gasteiger partial charge in [0.15, 0.2) is 0 Å². The molecule has 1 aromatic heterocycles. The SMILES string of the molecule is C=C/C=C(COC(=O)Nc1c(C)nsc1-c1ccc(-c2ccc(C3(C(=O)O)CC3)c(F)c2)cc1)\C(C)=C/C. The number of nitrogens with one attached hydrogen (secondary N) is 1. The molecule has 1 heterocycles. The van der Waals surface area contributed by atoms with Crippen molar-refractivity contribution < 1.29 is 23.8 Å². The minimum Gasteiger partial charge on any atom is -0.481 e. The molecule has 1 aliphatic carbocycles. The van der Waals surface area contributed by atoms with Gasteiger partial charge in [-0.15, -0.1) is 0 Å². The van der Waals surface area contributed by atoms with Crippen LogP contribution in [0, 0.1) is 12.7 Å². The molecule has 2 N–H and O–H groups in total. The van der Waals surface area contributed by atoms with E-state index >= 15 is 0 Å². The summed E-state index contributed by atoms with van der Waals surface area (Å²) < 4.78 is 24.7. The molecule has 0 saturated heterocycles. The summed E-state index contributed by atoms with van der Waals surface area (Å²) in [5.74, 6) is -1.49. The Kier molecular flexibility index (Phi) is 7.92. The molecule has 196 valence electrons. The number of ether oxygens (including phenoxy) is 1. The van der Waals surface area contributed by atoms with Crippen molar-refractivity contribution in [1.82, 2.24) is 4.37 Å². The Balaban J connectivity index is 1.50. The number of carbonyl (C=O) groups excluding carboxylic acids is 1. The van der Waals surface area contributed by atoms with Crippen molar-refractivity contribution in [2.24, 2.45) is 0 Å². The third-order valence-electron chi connectivity index (χ3n) is 6.83. The average Bonchev–Trinajstić information content (AvgIpc) is 3.65. The molecule has 2 aromatic carbocycles. The zero-order valence-corrected chi connectivity index (χ0v) is 22.3. The monoisotopic (exact) mass is 532 g/mol. The van der Waals surface area contributed by atoms with E-state index in [-0.39, 0.29) is 12.2 Å². The molecule has 38 heavy (non-hydrogen) atoms. The highest BCUT2D eigenvalue weighted by Gasteiger charge is 2.53. The van der Waals surface area contributed by atoms with Gasteiger partial charge in [-0.2, -0.15) is 4.37 Å². The van der Waals surface area contributed by atoms with Crippen LogP contribution in [0.25, 0.3) is 21.6 Å². The van der Waals surface area contributed by atoms with Crippen molar-refractivity contribution in [2.45, 2.75) is 39.0 Å². The number of hydrogen-bond acceptors (Lipinski definition) is 5.